The fraction of sp³-hybridized carbons (Fsp3) is 0.588. The molecular weight excluding hydrogens is 314 g/mol. The highest BCUT2D eigenvalue weighted by Crippen LogP contribution is 2.27. The second kappa shape index (κ2) is 9.11. The maximum atomic E-state index is 12.2. The number of carbonyl (C=O) groups excluding carboxylic acids is 1. The molecule has 23 heavy (non-hydrogen) atoms. The zero-order valence-corrected chi connectivity index (χ0v) is 14.7. The van der Waals surface area contributed by atoms with Crippen LogP contribution < -0.4 is 15.4 Å². The van der Waals surface area contributed by atoms with Crippen LogP contribution in [0.5, 0.6) is 5.75 Å². The number of methoxy groups -OCH3 is 1. The first-order chi connectivity index (χ1) is 11.1. The van der Waals surface area contributed by atoms with Crippen molar-refractivity contribution < 1.29 is 9.53 Å². The minimum atomic E-state index is -0.0318. The third kappa shape index (κ3) is 5.68. The standard InChI is InChI=1S/C17H26ClN3O2/c1-3-19-11-13-6-8-21(9-7-13)12-17(22)20-15-10-14(18)4-5-16(15)23-2/h4-5,10,13,19H,3,6-9,11-12H2,1-2H3,(H,20,22). The zero-order chi connectivity index (χ0) is 16.7. The first-order valence-electron chi connectivity index (χ1n) is 8.18. The number of anilines is 1. The van der Waals surface area contributed by atoms with Gasteiger partial charge in [-0.3, -0.25) is 9.69 Å². The number of likely N-dealkylation sites (tertiary alicyclic amines) is 1. The van der Waals surface area contributed by atoms with Crippen molar-refractivity contribution in [1.82, 2.24) is 10.2 Å². The van der Waals surface area contributed by atoms with Crippen molar-refractivity contribution in [2.24, 2.45) is 5.92 Å². The van der Waals surface area contributed by atoms with Crippen molar-refractivity contribution in [3.8, 4) is 5.75 Å². The number of amides is 1. The summed E-state index contributed by atoms with van der Waals surface area (Å²) in [6.45, 7) is 6.57. The number of nitrogens with one attached hydrogen (secondary N) is 2. The number of halogens is 1. The van der Waals surface area contributed by atoms with E-state index in [1.165, 1.54) is 0 Å². The van der Waals surface area contributed by atoms with Gasteiger partial charge in [0.1, 0.15) is 5.75 Å². The normalized spacial score (nSPS) is 16.3. The van der Waals surface area contributed by atoms with Crippen molar-refractivity contribution >= 4 is 23.2 Å². The molecule has 0 bridgehead atoms. The maximum Gasteiger partial charge on any atom is 0.238 e. The van der Waals surface area contributed by atoms with Crippen molar-refractivity contribution in [3.63, 3.8) is 0 Å². The van der Waals surface area contributed by atoms with Gasteiger partial charge in [-0.05, 0) is 63.1 Å². The molecule has 1 fully saturated rings. The summed E-state index contributed by atoms with van der Waals surface area (Å²) in [6, 6.07) is 5.20. The van der Waals surface area contributed by atoms with Gasteiger partial charge in [-0.15, -0.1) is 0 Å². The average Bonchev–Trinajstić information content (AvgIpc) is 2.54. The second-order valence-electron chi connectivity index (χ2n) is 5.92. The Labute approximate surface area is 143 Å². The van der Waals surface area contributed by atoms with E-state index in [1.807, 2.05) is 0 Å². The lowest BCUT2D eigenvalue weighted by atomic mass is 9.97. The zero-order valence-electron chi connectivity index (χ0n) is 13.9. The summed E-state index contributed by atoms with van der Waals surface area (Å²) in [7, 11) is 1.58. The first-order valence-corrected chi connectivity index (χ1v) is 8.56. The number of rotatable bonds is 7. The van der Waals surface area contributed by atoms with Crippen molar-refractivity contribution in [3.05, 3.63) is 23.2 Å². The minimum Gasteiger partial charge on any atom is -0.495 e. The van der Waals surface area contributed by atoms with Crippen LogP contribution in [0.15, 0.2) is 18.2 Å². The highest BCUT2D eigenvalue weighted by molar-refractivity contribution is 6.31. The Morgan fingerprint density at radius 3 is 2.78 bits per heavy atom. The van der Waals surface area contributed by atoms with E-state index >= 15 is 0 Å². The van der Waals surface area contributed by atoms with Crippen molar-refractivity contribution in [1.29, 1.82) is 0 Å². The van der Waals surface area contributed by atoms with Gasteiger partial charge in [-0.1, -0.05) is 18.5 Å². The third-order valence-electron chi connectivity index (χ3n) is 4.19. The largest absolute Gasteiger partial charge is 0.495 e. The molecule has 0 unspecified atom stereocenters. The summed E-state index contributed by atoms with van der Waals surface area (Å²) in [4.78, 5) is 14.5. The molecular formula is C17H26ClN3O2. The Bertz CT molecular complexity index is 517. The summed E-state index contributed by atoms with van der Waals surface area (Å²) in [5.41, 5.74) is 0.618. The average molecular weight is 340 g/mol. The SMILES string of the molecule is CCNCC1CCN(CC(=O)Nc2cc(Cl)ccc2OC)CC1. The van der Waals surface area contributed by atoms with Crippen LogP contribution in [0.25, 0.3) is 0 Å². The summed E-state index contributed by atoms with van der Waals surface area (Å²) in [5.74, 6) is 1.31. The Morgan fingerprint density at radius 1 is 1.39 bits per heavy atom. The Morgan fingerprint density at radius 2 is 2.13 bits per heavy atom. The van der Waals surface area contributed by atoms with E-state index in [0.29, 0.717) is 23.0 Å². The molecule has 2 N–H and O–H groups in total. The molecule has 0 aliphatic carbocycles. The second-order valence-corrected chi connectivity index (χ2v) is 6.36. The molecule has 1 heterocycles. The lowest BCUT2D eigenvalue weighted by molar-refractivity contribution is -0.117. The number of hydrogen-bond donors (Lipinski definition) is 2. The van der Waals surface area contributed by atoms with Crippen LogP contribution in [0.4, 0.5) is 5.69 Å². The number of ether oxygens (including phenoxy) is 1. The van der Waals surface area contributed by atoms with Crippen LogP contribution in [0, 0.1) is 5.92 Å². The van der Waals surface area contributed by atoms with Crippen LogP contribution in [0.2, 0.25) is 5.02 Å². The molecule has 1 saturated heterocycles. The van der Waals surface area contributed by atoms with Gasteiger partial charge in [0.15, 0.2) is 0 Å². The number of hydrogen-bond acceptors (Lipinski definition) is 4. The van der Waals surface area contributed by atoms with Crippen LogP contribution >= 0.6 is 11.6 Å². The van der Waals surface area contributed by atoms with Gasteiger partial charge in [0.2, 0.25) is 5.91 Å². The molecule has 5 nitrogen and oxygen atoms in total. The molecule has 0 aromatic heterocycles. The van der Waals surface area contributed by atoms with Gasteiger partial charge in [-0.25, -0.2) is 0 Å². The maximum absolute atomic E-state index is 12.2. The molecule has 0 spiro atoms. The predicted molar refractivity (Wildman–Crippen MR) is 94.3 cm³/mol. The van der Waals surface area contributed by atoms with Gasteiger partial charge in [0, 0.05) is 5.02 Å². The Balaban J connectivity index is 1.81. The molecule has 1 aliphatic rings. The van der Waals surface area contributed by atoms with Gasteiger partial charge in [0.05, 0.1) is 19.3 Å². The third-order valence-corrected chi connectivity index (χ3v) is 4.43. The van der Waals surface area contributed by atoms with E-state index < -0.39 is 0 Å². The smallest absolute Gasteiger partial charge is 0.238 e. The first kappa shape index (κ1) is 18.0. The van der Waals surface area contributed by atoms with Gasteiger partial charge in [0.25, 0.3) is 0 Å². The fourth-order valence-electron chi connectivity index (χ4n) is 2.87. The predicted octanol–water partition coefficient (Wildman–Crippen LogP) is 2.61. The minimum absolute atomic E-state index is 0.0318. The molecule has 1 aromatic rings. The van der Waals surface area contributed by atoms with Gasteiger partial charge >= 0.3 is 0 Å². The van der Waals surface area contributed by atoms with Crippen LogP contribution in [-0.2, 0) is 4.79 Å². The number of benzene rings is 1. The highest BCUT2D eigenvalue weighted by atomic mass is 35.5. The summed E-state index contributed by atoms with van der Waals surface area (Å²) in [5, 5.41) is 6.87. The van der Waals surface area contributed by atoms with Gasteiger partial charge < -0.3 is 15.4 Å². The topological polar surface area (TPSA) is 53.6 Å². The highest BCUT2D eigenvalue weighted by Gasteiger charge is 2.20. The van der Waals surface area contributed by atoms with E-state index in [4.69, 9.17) is 16.3 Å². The molecule has 1 aromatic carbocycles. The summed E-state index contributed by atoms with van der Waals surface area (Å²) in [6.07, 6.45) is 2.28. The van der Waals surface area contributed by atoms with E-state index in [-0.39, 0.29) is 5.91 Å². The molecule has 0 atom stereocenters. The van der Waals surface area contributed by atoms with Crippen LogP contribution in [0.1, 0.15) is 19.8 Å². The summed E-state index contributed by atoms with van der Waals surface area (Å²) < 4.78 is 5.25. The summed E-state index contributed by atoms with van der Waals surface area (Å²) >= 11 is 5.98. The van der Waals surface area contributed by atoms with Crippen LogP contribution in [0.3, 0.4) is 0 Å². The molecule has 1 aliphatic heterocycles. The number of carbonyl (C=O) groups is 1. The molecule has 0 radical (unpaired) electrons. The van der Waals surface area contributed by atoms with Gasteiger partial charge in [-0.2, -0.15) is 0 Å². The Hall–Kier alpha value is -1.30. The number of piperidine rings is 1. The molecule has 1 amide bonds. The molecule has 128 valence electrons. The lowest BCUT2D eigenvalue weighted by Crippen LogP contribution is -2.41. The van der Waals surface area contributed by atoms with Crippen molar-refractivity contribution in [2.45, 2.75) is 19.8 Å². The van der Waals surface area contributed by atoms with E-state index in [0.717, 1.165) is 44.9 Å². The quantitative estimate of drug-likeness (QED) is 0.801. The Kier molecular flexibility index (Phi) is 7.15. The molecule has 6 heteroatoms. The monoisotopic (exact) mass is 339 g/mol. The van der Waals surface area contributed by atoms with Crippen molar-refractivity contribution in [2.75, 3.05) is 45.2 Å². The van der Waals surface area contributed by atoms with Crippen LogP contribution in [-0.4, -0.2) is 50.6 Å². The molecule has 2 rings (SSSR count). The lowest BCUT2D eigenvalue weighted by Gasteiger charge is -2.31. The molecule has 0 saturated carbocycles. The van der Waals surface area contributed by atoms with E-state index in [1.54, 1.807) is 25.3 Å². The fourth-order valence-corrected chi connectivity index (χ4v) is 3.04. The van der Waals surface area contributed by atoms with E-state index in [9.17, 15) is 4.79 Å². The number of nitrogens with zero attached hydrogens (tertiary/aromatic N) is 1. The van der Waals surface area contributed by atoms with E-state index in [2.05, 4.69) is 22.5 Å².